The summed E-state index contributed by atoms with van der Waals surface area (Å²) in [6.45, 7) is 0. The van der Waals surface area contributed by atoms with Crippen molar-refractivity contribution in [3.05, 3.63) is 11.5 Å². The molecule has 1 heterocycles. The molecule has 7 heteroatoms. The van der Waals surface area contributed by atoms with Crippen LogP contribution in [0.3, 0.4) is 0 Å². The summed E-state index contributed by atoms with van der Waals surface area (Å²) >= 11 is 0. The van der Waals surface area contributed by atoms with Crippen LogP contribution >= 0.6 is 0 Å². The van der Waals surface area contributed by atoms with E-state index < -0.39 is 33.7 Å². The summed E-state index contributed by atoms with van der Waals surface area (Å²) in [6, 6.07) is -0.533. The average Bonchev–Trinajstić information content (AvgIpc) is 2.68. The van der Waals surface area contributed by atoms with E-state index in [1.54, 1.807) is 0 Å². The van der Waals surface area contributed by atoms with Gasteiger partial charge in [-0.3, -0.25) is 9.59 Å². The molecular weight excluding hydrogens is 270 g/mol. The van der Waals surface area contributed by atoms with E-state index in [2.05, 4.69) is 5.32 Å². The van der Waals surface area contributed by atoms with Crippen LogP contribution < -0.4 is 5.32 Å². The second-order valence-corrected chi connectivity index (χ2v) is 7.04. The zero-order valence-corrected chi connectivity index (χ0v) is 11.2. The fourth-order valence-corrected chi connectivity index (χ4v) is 3.93. The van der Waals surface area contributed by atoms with Crippen LogP contribution in [0.1, 0.15) is 25.7 Å². The number of carbonyl (C=O) groups excluding carboxylic acids is 1. The first-order valence-electron chi connectivity index (χ1n) is 6.33. The Labute approximate surface area is 111 Å². The maximum atomic E-state index is 12.1. The monoisotopic (exact) mass is 287 g/mol. The third-order valence-electron chi connectivity index (χ3n) is 3.68. The number of hydrogen-bond acceptors (Lipinski definition) is 4. The van der Waals surface area contributed by atoms with Crippen molar-refractivity contribution >= 4 is 21.7 Å². The number of hydrogen-bond donors (Lipinski definition) is 2. The first-order valence-corrected chi connectivity index (χ1v) is 8.05. The number of carboxylic acid groups (broad SMARTS) is 1. The molecule has 2 aliphatic rings. The Morgan fingerprint density at radius 2 is 1.79 bits per heavy atom. The van der Waals surface area contributed by atoms with Gasteiger partial charge in [-0.05, 0) is 18.9 Å². The van der Waals surface area contributed by atoms with Gasteiger partial charge in [-0.1, -0.05) is 12.8 Å². The Kier molecular flexibility index (Phi) is 3.93. The Morgan fingerprint density at radius 3 is 2.32 bits per heavy atom. The topological polar surface area (TPSA) is 101 Å². The molecular formula is C12H17NO5S. The Balaban J connectivity index is 1.99. The van der Waals surface area contributed by atoms with Gasteiger partial charge in [-0.15, -0.1) is 0 Å². The minimum absolute atomic E-state index is 0.136. The minimum Gasteiger partial charge on any atom is -0.481 e. The summed E-state index contributed by atoms with van der Waals surface area (Å²) in [6.07, 6.45) is 4.14. The first kappa shape index (κ1) is 14.0. The third kappa shape index (κ3) is 3.34. The largest absolute Gasteiger partial charge is 0.481 e. The predicted octanol–water partition coefficient (Wildman–Crippen LogP) is 0.304. The molecule has 2 rings (SSSR count). The second-order valence-electron chi connectivity index (χ2n) is 5.11. The lowest BCUT2D eigenvalue weighted by atomic mass is 9.78. The number of amides is 1. The van der Waals surface area contributed by atoms with Gasteiger partial charge in [0.15, 0.2) is 9.84 Å². The lowest BCUT2D eigenvalue weighted by Gasteiger charge is -2.28. The SMILES string of the molecule is O=C(O)C1CCCCC1C(=O)NC1C=CS(=O)(=O)C1. The van der Waals surface area contributed by atoms with E-state index in [-0.39, 0.29) is 11.7 Å². The normalized spacial score (nSPS) is 32.9. The summed E-state index contributed by atoms with van der Waals surface area (Å²) in [5, 5.41) is 12.8. The van der Waals surface area contributed by atoms with E-state index >= 15 is 0 Å². The van der Waals surface area contributed by atoms with Crippen molar-refractivity contribution in [1.82, 2.24) is 5.32 Å². The number of nitrogens with one attached hydrogen (secondary N) is 1. The Hall–Kier alpha value is -1.37. The molecule has 1 aliphatic carbocycles. The van der Waals surface area contributed by atoms with Crippen LogP contribution in [0.2, 0.25) is 0 Å². The van der Waals surface area contributed by atoms with Gasteiger partial charge in [-0.25, -0.2) is 8.42 Å². The number of aliphatic carboxylic acids is 1. The molecule has 1 fully saturated rings. The summed E-state index contributed by atoms with van der Waals surface area (Å²) in [5.41, 5.74) is 0. The van der Waals surface area contributed by atoms with Gasteiger partial charge in [0, 0.05) is 5.41 Å². The van der Waals surface area contributed by atoms with Gasteiger partial charge in [-0.2, -0.15) is 0 Å². The zero-order chi connectivity index (χ0) is 14.0. The first-order chi connectivity index (χ1) is 8.89. The summed E-state index contributed by atoms with van der Waals surface area (Å²) in [4.78, 5) is 23.2. The maximum absolute atomic E-state index is 12.1. The van der Waals surface area contributed by atoms with Crippen LogP contribution in [0.5, 0.6) is 0 Å². The van der Waals surface area contributed by atoms with Crippen LogP contribution in [0.4, 0.5) is 0 Å². The standard InChI is InChI=1S/C12H17NO5S/c14-11(13-8-5-6-19(17,18)7-8)9-3-1-2-4-10(9)12(15)16/h5-6,8-10H,1-4,7H2,(H,13,14)(H,15,16). The highest BCUT2D eigenvalue weighted by Gasteiger charge is 2.36. The molecule has 0 bridgehead atoms. The summed E-state index contributed by atoms with van der Waals surface area (Å²) in [7, 11) is -3.21. The Bertz CT molecular complexity index is 510. The van der Waals surface area contributed by atoms with Gasteiger partial charge in [0.05, 0.1) is 23.6 Å². The second kappa shape index (κ2) is 5.32. The molecule has 0 spiro atoms. The molecule has 3 atom stereocenters. The molecule has 2 N–H and O–H groups in total. The molecule has 19 heavy (non-hydrogen) atoms. The fourth-order valence-electron chi connectivity index (χ4n) is 2.70. The molecule has 0 aromatic carbocycles. The molecule has 1 aliphatic heterocycles. The smallest absolute Gasteiger partial charge is 0.307 e. The van der Waals surface area contributed by atoms with E-state index in [4.69, 9.17) is 5.11 Å². The van der Waals surface area contributed by atoms with Crippen molar-refractivity contribution in [1.29, 1.82) is 0 Å². The minimum atomic E-state index is -3.21. The molecule has 106 valence electrons. The van der Waals surface area contributed by atoms with Gasteiger partial charge in [0.1, 0.15) is 0 Å². The van der Waals surface area contributed by atoms with Crippen molar-refractivity contribution in [2.45, 2.75) is 31.7 Å². The molecule has 0 aromatic rings. The Morgan fingerprint density at radius 1 is 1.16 bits per heavy atom. The van der Waals surface area contributed by atoms with Crippen molar-refractivity contribution in [2.24, 2.45) is 11.8 Å². The molecule has 1 amide bonds. The van der Waals surface area contributed by atoms with Gasteiger partial charge >= 0.3 is 5.97 Å². The van der Waals surface area contributed by atoms with Gasteiger partial charge < -0.3 is 10.4 Å². The number of sulfone groups is 1. The number of carboxylic acids is 1. The van der Waals surface area contributed by atoms with Crippen LogP contribution in [0.25, 0.3) is 0 Å². The van der Waals surface area contributed by atoms with Crippen LogP contribution in [0, 0.1) is 11.8 Å². The van der Waals surface area contributed by atoms with E-state index in [9.17, 15) is 18.0 Å². The van der Waals surface area contributed by atoms with E-state index in [0.717, 1.165) is 18.2 Å². The van der Waals surface area contributed by atoms with Crippen molar-refractivity contribution in [2.75, 3.05) is 5.75 Å². The quantitative estimate of drug-likeness (QED) is 0.777. The van der Waals surface area contributed by atoms with E-state index in [1.165, 1.54) is 6.08 Å². The summed E-state index contributed by atoms with van der Waals surface area (Å²) < 4.78 is 22.5. The highest BCUT2D eigenvalue weighted by atomic mass is 32.2. The van der Waals surface area contributed by atoms with Gasteiger partial charge in [0.25, 0.3) is 0 Å². The maximum Gasteiger partial charge on any atom is 0.307 e. The molecule has 0 saturated heterocycles. The molecule has 1 saturated carbocycles. The summed E-state index contributed by atoms with van der Waals surface area (Å²) in [5.74, 6) is -2.64. The number of rotatable bonds is 3. The van der Waals surface area contributed by atoms with Crippen molar-refractivity contribution in [3.8, 4) is 0 Å². The van der Waals surface area contributed by atoms with Crippen LogP contribution in [-0.4, -0.2) is 37.2 Å². The van der Waals surface area contributed by atoms with E-state index in [1.807, 2.05) is 0 Å². The van der Waals surface area contributed by atoms with Gasteiger partial charge in [0.2, 0.25) is 5.91 Å². The van der Waals surface area contributed by atoms with E-state index in [0.29, 0.717) is 12.8 Å². The fraction of sp³-hybridized carbons (Fsp3) is 0.667. The third-order valence-corrected chi connectivity index (χ3v) is 5.07. The molecule has 0 radical (unpaired) electrons. The molecule has 0 aromatic heterocycles. The molecule has 3 unspecified atom stereocenters. The van der Waals surface area contributed by atoms with Crippen molar-refractivity contribution < 1.29 is 23.1 Å². The highest BCUT2D eigenvalue weighted by Crippen LogP contribution is 2.30. The van der Waals surface area contributed by atoms with Crippen LogP contribution in [0.15, 0.2) is 11.5 Å². The highest BCUT2D eigenvalue weighted by molar-refractivity contribution is 7.94. The lowest BCUT2D eigenvalue weighted by Crippen LogP contribution is -2.44. The lowest BCUT2D eigenvalue weighted by molar-refractivity contribution is -0.149. The molecule has 6 nitrogen and oxygen atoms in total. The van der Waals surface area contributed by atoms with Crippen LogP contribution in [-0.2, 0) is 19.4 Å². The predicted molar refractivity (Wildman–Crippen MR) is 67.9 cm³/mol. The number of carbonyl (C=O) groups is 2. The van der Waals surface area contributed by atoms with Crippen molar-refractivity contribution in [3.63, 3.8) is 0 Å². The zero-order valence-electron chi connectivity index (χ0n) is 10.4. The average molecular weight is 287 g/mol.